The lowest BCUT2D eigenvalue weighted by atomic mass is 10.0. The van der Waals surface area contributed by atoms with Crippen LogP contribution in [0.4, 0.5) is 0 Å². The van der Waals surface area contributed by atoms with Crippen molar-refractivity contribution >= 4 is 0 Å². The van der Waals surface area contributed by atoms with Gasteiger partial charge in [0.25, 0.3) is 0 Å². The minimum absolute atomic E-state index is 0.393. The van der Waals surface area contributed by atoms with Gasteiger partial charge >= 0.3 is 0 Å². The van der Waals surface area contributed by atoms with E-state index in [4.69, 9.17) is 4.74 Å². The third-order valence-electron chi connectivity index (χ3n) is 4.16. The lowest BCUT2D eigenvalue weighted by Gasteiger charge is -2.05. The van der Waals surface area contributed by atoms with Crippen LogP contribution >= 0.6 is 0 Å². The van der Waals surface area contributed by atoms with Crippen LogP contribution in [0.25, 0.3) is 0 Å². The van der Waals surface area contributed by atoms with E-state index in [1.54, 1.807) is 0 Å². The van der Waals surface area contributed by atoms with Gasteiger partial charge < -0.3 is 9.84 Å². The molecule has 0 heterocycles. The van der Waals surface area contributed by atoms with Crippen molar-refractivity contribution in [1.82, 2.24) is 0 Å². The molecule has 137 valence electrons. The van der Waals surface area contributed by atoms with Crippen LogP contribution in [0.1, 0.15) is 96.8 Å². The number of hydrogen-bond donors (Lipinski definition) is 1. The van der Waals surface area contributed by atoms with Gasteiger partial charge in [-0.3, -0.25) is 0 Å². The molecule has 1 N–H and O–H groups in total. The Morgan fingerprint density at radius 1 is 0.870 bits per heavy atom. The van der Waals surface area contributed by atoms with E-state index in [2.05, 4.69) is 19.9 Å². The summed E-state index contributed by atoms with van der Waals surface area (Å²) in [5, 5.41) is 9.63. The maximum Gasteiger partial charge on any atom is 0.0954 e. The Balaban J connectivity index is 3.15. The van der Waals surface area contributed by atoms with Crippen molar-refractivity contribution in [2.45, 2.75) is 103 Å². The summed E-state index contributed by atoms with van der Waals surface area (Å²) in [4.78, 5) is 0. The summed E-state index contributed by atoms with van der Waals surface area (Å²) in [5.74, 6) is 0. The molecule has 1 radical (unpaired) electrons. The number of allylic oxidation sites excluding steroid dienone is 1. The fourth-order valence-electron chi connectivity index (χ4n) is 2.72. The zero-order chi connectivity index (χ0) is 17.0. The Morgan fingerprint density at radius 2 is 1.39 bits per heavy atom. The first kappa shape index (κ1) is 22.7. The van der Waals surface area contributed by atoms with Gasteiger partial charge in [-0.15, -0.1) is 0 Å². The van der Waals surface area contributed by atoms with Crippen molar-refractivity contribution in [1.29, 1.82) is 0 Å². The van der Waals surface area contributed by atoms with Crippen LogP contribution in [-0.4, -0.2) is 24.4 Å². The first-order chi connectivity index (χ1) is 11.3. The smallest absolute Gasteiger partial charge is 0.0954 e. The summed E-state index contributed by atoms with van der Waals surface area (Å²) < 4.78 is 5.25. The standard InChI is InChI=1S/C21H41O2/c1-3-5-6-7-8-9-10-11-12-13-14-15-16-17-18-21(22)20-23-19-4-2/h17-18,21-22H,2-16,19-20H2,1H3. The molecule has 0 spiro atoms. The zero-order valence-electron chi connectivity index (χ0n) is 15.6. The number of hydrogen-bond acceptors (Lipinski definition) is 2. The van der Waals surface area contributed by atoms with E-state index in [9.17, 15) is 5.11 Å². The fraction of sp³-hybridized carbons (Fsp3) is 0.857. The summed E-state index contributed by atoms with van der Waals surface area (Å²) in [6.07, 6.45) is 22.0. The topological polar surface area (TPSA) is 29.5 Å². The highest BCUT2D eigenvalue weighted by atomic mass is 16.5. The third kappa shape index (κ3) is 19.6. The summed E-state index contributed by atoms with van der Waals surface area (Å²) in [7, 11) is 0. The lowest BCUT2D eigenvalue weighted by Crippen LogP contribution is -2.12. The van der Waals surface area contributed by atoms with Crippen LogP contribution in [0.3, 0.4) is 0 Å². The molecule has 1 atom stereocenters. The molecule has 0 rings (SSSR count). The third-order valence-corrected chi connectivity index (χ3v) is 4.16. The number of aliphatic hydroxyl groups excluding tert-OH is 1. The number of unbranched alkanes of at least 4 members (excludes halogenated alkanes) is 12. The number of aliphatic hydroxyl groups is 1. The highest BCUT2D eigenvalue weighted by Crippen LogP contribution is 2.12. The molecule has 0 fully saturated rings. The summed E-state index contributed by atoms with van der Waals surface area (Å²) in [6.45, 7) is 7.00. The van der Waals surface area contributed by atoms with Gasteiger partial charge in [-0.1, -0.05) is 96.6 Å². The van der Waals surface area contributed by atoms with Gasteiger partial charge in [0.2, 0.25) is 0 Å². The maximum atomic E-state index is 9.63. The first-order valence-electron chi connectivity index (χ1n) is 10.0. The number of rotatable bonds is 18. The Bertz CT molecular complexity index is 238. The van der Waals surface area contributed by atoms with Crippen molar-refractivity contribution < 1.29 is 9.84 Å². The molecule has 0 aromatic carbocycles. The van der Waals surface area contributed by atoms with Crippen LogP contribution in [-0.2, 0) is 4.74 Å². The van der Waals surface area contributed by atoms with Crippen LogP contribution in [0.15, 0.2) is 12.2 Å². The van der Waals surface area contributed by atoms with E-state index < -0.39 is 6.10 Å². The fourth-order valence-corrected chi connectivity index (χ4v) is 2.72. The average Bonchev–Trinajstić information content (AvgIpc) is 2.55. The summed E-state index contributed by atoms with van der Waals surface area (Å²) >= 11 is 0. The molecule has 0 bridgehead atoms. The van der Waals surface area contributed by atoms with Crippen molar-refractivity contribution in [2.75, 3.05) is 13.2 Å². The Morgan fingerprint density at radius 3 is 1.91 bits per heavy atom. The monoisotopic (exact) mass is 325 g/mol. The average molecular weight is 326 g/mol. The van der Waals surface area contributed by atoms with E-state index in [1.807, 2.05) is 6.08 Å². The quantitative estimate of drug-likeness (QED) is 0.239. The molecular formula is C21H41O2. The molecule has 23 heavy (non-hydrogen) atoms. The van der Waals surface area contributed by atoms with Crippen LogP contribution in [0.5, 0.6) is 0 Å². The highest BCUT2D eigenvalue weighted by molar-refractivity contribution is 4.88. The lowest BCUT2D eigenvalue weighted by molar-refractivity contribution is 0.0618. The van der Waals surface area contributed by atoms with E-state index in [1.165, 1.54) is 77.0 Å². The zero-order valence-corrected chi connectivity index (χ0v) is 15.6. The minimum Gasteiger partial charge on any atom is -0.387 e. The molecule has 0 aliphatic carbocycles. The van der Waals surface area contributed by atoms with Crippen LogP contribution < -0.4 is 0 Å². The molecule has 2 heteroatoms. The summed E-state index contributed by atoms with van der Waals surface area (Å²) in [5.41, 5.74) is 0. The normalized spacial score (nSPS) is 13.0. The van der Waals surface area contributed by atoms with E-state index in [0.29, 0.717) is 13.2 Å². The van der Waals surface area contributed by atoms with E-state index in [-0.39, 0.29) is 0 Å². The summed E-state index contributed by atoms with van der Waals surface area (Å²) in [6, 6.07) is 0. The Hall–Kier alpha value is -0.340. The molecule has 0 aromatic heterocycles. The van der Waals surface area contributed by atoms with Crippen molar-refractivity contribution in [3.05, 3.63) is 19.1 Å². The minimum atomic E-state index is -0.459. The Labute approximate surface area is 145 Å². The Kier molecular flexibility index (Phi) is 19.4. The molecule has 0 amide bonds. The SMILES string of the molecule is [CH2]CCOCC(O)C=CCCCCCCCCCCCCCC. The molecule has 0 aliphatic heterocycles. The van der Waals surface area contributed by atoms with Gasteiger partial charge in [-0.25, -0.2) is 0 Å². The largest absolute Gasteiger partial charge is 0.387 e. The maximum absolute atomic E-state index is 9.63. The van der Waals surface area contributed by atoms with Gasteiger partial charge in [0.1, 0.15) is 0 Å². The predicted molar refractivity (Wildman–Crippen MR) is 102 cm³/mol. The van der Waals surface area contributed by atoms with Gasteiger partial charge in [0.15, 0.2) is 0 Å². The van der Waals surface area contributed by atoms with Crippen molar-refractivity contribution in [2.24, 2.45) is 0 Å². The van der Waals surface area contributed by atoms with Gasteiger partial charge in [-0.05, 0) is 19.3 Å². The number of ether oxygens (including phenoxy) is 1. The van der Waals surface area contributed by atoms with E-state index in [0.717, 1.165) is 12.8 Å². The van der Waals surface area contributed by atoms with Crippen molar-refractivity contribution in [3.8, 4) is 0 Å². The molecule has 0 aromatic rings. The molecule has 0 aliphatic rings. The molecular weight excluding hydrogens is 284 g/mol. The second-order valence-corrected chi connectivity index (χ2v) is 6.60. The predicted octanol–water partition coefficient (Wildman–Crippen LogP) is 6.24. The second kappa shape index (κ2) is 19.7. The molecule has 1 unspecified atom stereocenters. The van der Waals surface area contributed by atoms with Crippen LogP contribution in [0, 0.1) is 6.92 Å². The molecule has 0 saturated heterocycles. The van der Waals surface area contributed by atoms with E-state index >= 15 is 0 Å². The molecule has 2 nitrogen and oxygen atoms in total. The van der Waals surface area contributed by atoms with Gasteiger partial charge in [-0.2, -0.15) is 0 Å². The second-order valence-electron chi connectivity index (χ2n) is 6.60. The van der Waals surface area contributed by atoms with Gasteiger partial charge in [0, 0.05) is 6.61 Å². The van der Waals surface area contributed by atoms with Crippen LogP contribution in [0.2, 0.25) is 0 Å². The highest BCUT2D eigenvalue weighted by Gasteiger charge is 1.97. The van der Waals surface area contributed by atoms with Crippen molar-refractivity contribution in [3.63, 3.8) is 0 Å². The van der Waals surface area contributed by atoms with Gasteiger partial charge in [0.05, 0.1) is 12.7 Å². The molecule has 0 saturated carbocycles. The first-order valence-corrected chi connectivity index (χ1v) is 10.0.